The lowest BCUT2D eigenvalue weighted by Gasteiger charge is -2.14. The van der Waals surface area contributed by atoms with E-state index in [1.54, 1.807) is 30.3 Å². The van der Waals surface area contributed by atoms with Crippen molar-refractivity contribution >= 4 is 29.1 Å². The maximum atomic E-state index is 12.6. The van der Waals surface area contributed by atoms with Gasteiger partial charge in [0.25, 0.3) is 11.8 Å². The van der Waals surface area contributed by atoms with Crippen molar-refractivity contribution in [3.63, 3.8) is 0 Å². The van der Waals surface area contributed by atoms with E-state index in [1.165, 1.54) is 0 Å². The van der Waals surface area contributed by atoms with Gasteiger partial charge in [-0.15, -0.1) is 0 Å². The Hall–Kier alpha value is -4.26. The number of imide groups is 1. The van der Waals surface area contributed by atoms with Gasteiger partial charge in [-0.3, -0.25) is 19.3 Å². The first kappa shape index (κ1) is 18.7. The average Bonchev–Trinajstić information content (AvgIpc) is 3.29. The number of fused-ring (bicyclic) bond motifs is 2. The zero-order valence-corrected chi connectivity index (χ0v) is 16.7. The summed E-state index contributed by atoms with van der Waals surface area (Å²) in [6, 6.07) is 17.9. The van der Waals surface area contributed by atoms with Crippen LogP contribution in [0.1, 0.15) is 26.3 Å². The Labute approximate surface area is 177 Å². The Morgan fingerprint density at radius 2 is 1.71 bits per heavy atom. The Balaban J connectivity index is 1.33. The second kappa shape index (κ2) is 7.21. The zero-order chi connectivity index (χ0) is 21.5. The van der Waals surface area contributed by atoms with Gasteiger partial charge in [-0.25, -0.2) is 4.98 Å². The second-order valence-corrected chi connectivity index (χ2v) is 7.47. The molecule has 1 aliphatic rings. The molecule has 1 N–H and O–H groups in total. The fourth-order valence-corrected chi connectivity index (χ4v) is 3.71. The van der Waals surface area contributed by atoms with Gasteiger partial charge in [-0.2, -0.15) is 0 Å². The summed E-state index contributed by atoms with van der Waals surface area (Å²) < 4.78 is 1.94. The highest BCUT2D eigenvalue weighted by Gasteiger charge is 2.36. The van der Waals surface area contributed by atoms with Crippen LogP contribution in [0.25, 0.3) is 16.9 Å². The number of benzene rings is 2. The van der Waals surface area contributed by atoms with E-state index in [4.69, 9.17) is 0 Å². The molecule has 2 aromatic heterocycles. The fraction of sp³-hybridized carbons (Fsp3) is 0.0833. The lowest BCUT2D eigenvalue weighted by Crippen LogP contribution is -2.37. The van der Waals surface area contributed by atoms with Gasteiger partial charge >= 0.3 is 0 Å². The average molecular weight is 410 g/mol. The van der Waals surface area contributed by atoms with Gasteiger partial charge in [-0.1, -0.05) is 24.3 Å². The Bertz CT molecular complexity index is 1340. The molecular weight excluding hydrogens is 392 g/mol. The summed E-state index contributed by atoms with van der Waals surface area (Å²) in [6.07, 6.45) is 3.88. The van der Waals surface area contributed by atoms with Crippen molar-refractivity contribution in [1.82, 2.24) is 14.3 Å². The van der Waals surface area contributed by atoms with E-state index in [-0.39, 0.29) is 6.54 Å². The van der Waals surface area contributed by atoms with Crippen LogP contribution in [0.15, 0.2) is 73.1 Å². The summed E-state index contributed by atoms with van der Waals surface area (Å²) in [4.78, 5) is 43.1. The van der Waals surface area contributed by atoms with E-state index in [9.17, 15) is 14.4 Å². The number of carbonyl (C=O) groups is 3. The molecule has 0 saturated carbocycles. The molecule has 0 aliphatic carbocycles. The number of pyridine rings is 1. The summed E-state index contributed by atoms with van der Waals surface area (Å²) in [5.41, 5.74) is 4.80. The molecule has 1 aliphatic heterocycles. The summed E-state index contributed by atoms with van der Waals surface area (Å²) in [7, 11) is 0. The van der Waals surface area contributed by atoms with Crippen LogP contribution in [-0.2, 0) is 4.79 Å². The van der Waals surface area contributed by atoms with E-state index in [1.807, 2.05) is 54.0 Å². The van der Waals surface area contributed by atoms with Gasteiger partial charge in [0, 0.05) is 23.6 Å². The number of hydrogen-bond donors (Lipinski definition) is 1. The number of aromatic nitrogens is 2. The summed E-state index contributed by atoms with van der Waals surface area (Å²) in [5.74, 6) is -1.36. The van der Waals surface area contributed by atoms with E-state index < -0.39 is 17.7 Å². The van der Waals surface area contributed by atoms with Crippen LogP contribution in [0.5, 0.6) is 0 Å². The largest absolute Gasteiger partial charge is 0.325 e. The minimum absolute atomic E-state index is 0.324. The number of imidazole rings is 1. The molecule has 152 valence electrons. The van der Waals surface area contributed by atoms with E-state index in [0.717, 1.165) is 27.4 Å². The van der Waals surface area contributed by atoms with Gasteiger partial charge in [0.2, 0.25) is 5.91 Å². The molecule has 0 spiro atoms. The number of hydrogen-bond acceptors (Lipinski definition) is 4. The number of nitrogens with zero attached hydrogens (tertiary/aromatic N) is 3. The highest BCUT2D eigenvalue weighted by Crippen LogP contribution is 2.24. The molecule has 3 heterocycles. The molecule has 0 radical (unpaired) electrons. The maximum absolute atomic E-state index is 12.6. The van der Waals surface area contributed by atoms with Crippen LogP contribution in [0.3, 0.4) is 0 Å². The van der Waals surface area contributed by atoms with Gasteiger partial charge in [-0.05, 0) is 48.9 Å². The molecule has 31 heavy (non-hydrogen) atoms. The molecular formula is C24H18N4O3. The molecule has 4 aromatic rings. The quantitative estimate of drug-likeness (QED) is 0.522. The normalized spacial score (nSPS) is 13.0. The molecule has 7 nitrogen and oxygen atoms in total. The molecule has 2 aromatic carbocycles. The molecule has 0 fully saturated rings. The van der Waals surface area contributed by atoms with Crippen molar-refractivity contribution in [2.45, 2.75) is 6.92 Å². The monoisotopic (exact) mass is 410 g/mol. The summed E-state index contributed by atoms with van der Waals surface area (Å²) in [5, 5.41) is 2.77. The van der Waals surface area contributed by atoms with Gasteiger partial charge < -0.3 is 9.72 Å². The molecule has 0 saturated heterocycles. The molecule has 3 amide bonds. The molecule has 0 unspecified atom stereocenters. The minimum atomic E-state index is -0.454. The first-order valence-corrected chi connectivity index (χ1v) is 9.80. The Morgan fingerprint density at radius 3 is 2.45 bits per heavy atom. The van der Waals surface area contributed by atoms with E-state index in [0.29, 0.717) is 16.8 Å². The van der Waals surface area contributed by atoms with Crippen LogP contribution in [0, 0.1) is 6.92 Å². The van der Waals surface area contributed by atoms with Gasteiger partial charge in [0.05, 0.1) is 16.8 Å². The lowest BCUT2D eigenvalue weighted by atomic mass is 10.1. The van der Waals surface area contributed by atoms with E-state index >= 15 is 0 Å². The molecule has 0 atom stereocenters. The van der Waals surface area contributed by atoms with Crippen LogP contribution in [0.2, 0.25) is 0 Å². The number of anilines is 1. The van der Waals surface area contributed by atoms with Crippen molar-refractivity contribution in [3.05, 3.63) is 89.7 Å². The lowest BCUT2D eigenvalue weighted by molar-refractivity contribution is -0.116. The fourth-order valence-electron chi connectivity index (χ4n) is 3.71. The van der Waals surface area contributed by atoms with Crippen LogP contribution >= 0.6 is 0 Å². The van der Waals surface area contributed by atoms with Crippen LogP contribution in [0.4, 0.5) is 5.69 Å². The number of amides is 3. The number of aryl methyl sites for hydroxylation is 1. The first-order chi connectivity index (χ1) is 15.0. The number of carbonyl (C=O) groups excluding carboxylic acids is 3. The number of rotatable bonds is 4. The SMILES string of the molecule is Cc1ccn2cc(-c3cccc(NC(=O)CN4C(=O)c5ccccc5C4=O)c3)nc2c1. The van der Waals surface area contributed by atoms with Crippen molar-refractivity contribution in [2.75, 3.05) is 11.9 Å². The third-order valence-electron chi connectivity index (χ3n) is 5.24. The maximum Gasteiger partial charge on any atom is 0.262 e. The standard InChI is InChI=1S/C24H18N4O3/c1-15-9-10-27-13-20(26-21(27)11-15)16-5-4-6-17(12-16)25-22(29)14-28-23(30)18-7-2-3-8-19(18)24(28)31/h2-13H,14H2,1H3,(H,25,29). The van der Waals surface area contributed by atoms with Crippen molar-refractivity contribution in [3.8, 4) is 11.3 Å². The molecule has 7 heteroatoms. The minimum Gasteiger partial charge on any atom is -0.325 e. The Kier molecular flexibility index (Phi) is 4.36. The number of nitrogens with one attached hydrogen (secondary N) is 1. The third-order valence-corrected chi connectivity index (χ3v) is 5.24. The van der Waals surface area contributed by atoms with Crippen LogP contribution < -0.4 is 5.32 Å². The summed E-state index contributed by atoms with van der Waals surface area (Å²) in [6.45, 7) is 1.67. The van der Waals surface area contributed by atoms with Gasteiger partial charge in [0.1, 0.15) is 12.2 Å². The van der Waals surface area contributed by atoms with Gasteiger partial charge in [0.15, 0.2) is 0 Å². The smallest absolute Gasteiger partial charge is 0.262 e. The van der Waals surface area contributed by atoms with Crippen LogP contribution in [-0.4, -0.2) is 38.6 Å². The molecule has 5 rings (SSSR count). The first-order valence-electron chi connectivity index (χ1n) is 9.80. The van der Waals surface area contributed by atoms with Crippen molar-refractivity contribution < 1.29 is 14.4 Å². The predicted octanol–water partition coefficient (Wildman–Crippen LogP) is 3.54. The van der Waals surface area contributed by atoms with Crippen molar-refractivity contribution in [2.24, 2.45) is 0 Å². The third kappa shape index (κ3) is 3.36. The topological polar surface area (TPSA) is 83.8 Å². The molecule has 0 bridgehead atoms. The van der Waals surface area contributed by atoms with Crippen molar-refractivity contribution in [1.29, 1.82) is 0 Å². The predicted molar refractivity (Wildman–Crippen MR) is 116 cm³/mol. The zero-order valence-electron chi connectivity index (χ0n) is 16.7. The second-order valence-electron chi connectivity index (χ2n) is 7.47. The highest BCUT2D eigenvalue weighted by molar-refractivity contribution is 6.22. The Morgan fingerprint density at radius 1 is 0.968 bits per heavy atom. The summed E-state index contributed by atoms with van der Waals surface area (Å²) >= 11 is 0. The highest BCUT2D eigenvalue weighted by atomic mass is 16.2. The van der Waals surface area contributed by atoms with E-state index in [2.05, 4.69) is 10.3 Å².